The van der Waals surface area contributed by atoms with E-state index in [-0.39, 0.29) is 5.91 Å². The summed E-state index contributed by atoms with van der Waals surface area (Å²) < 4.78 is 16.3. The number of amidine groups is 1. The molecule has 1 heterocycles. The summed E-state index contributed by atoms with van der Waals surface area (Å²) >= 11 is 1.34. The monoisotopic (exact) mass is 474 g/mol. The van der Waals surface area contributed by atoms with Crippen molar-refractivity contribution in [1.82, 2.24) is 0 Å². The molecule has 1 aliphatic heterocycles. The van der Waals surface area contributed by atoms with Crippen LogP contribution in [0.5, 0.6) is 17.2 Å². The highest BCUT2D eigenvalue weighted by atomic mass is 32.2. The van der Waals surface area contributed by atoms with E-state index in [1.807, 2.05) is 92.7 Å². The Morgan fingerprint density at radius 3 is 1.94 bits per heavy atom. The topological polar surface area (TPSA) is 60.4 Å². The third-order valence-electron chi connectivity index (χ3n) is 5.00. The van der Waals surface area contributed by atoms with E-state index in [4.69, 9.17) is 19.2 Å². The van der Waals surface area contributed by atoms with E-state index < -0.39 is 0 Å². The number of benzene rings is 3. The molecule has 1 amide bonds. The van der Waals surface area contributed by atoms with Gasteiger partial charge in [-0.25, -0.2) is 4.99 Å². The molecule has 0 aromatic heterocycles. The van der Waals surface area contributed by atoms with E-state index in [1.54, 1.807) is 12.0 Å². The minimum atomic E-state index is -0.130. The van der Waals surface area contributed by atoms with E-state index in [1.165, 1.54) is 11.8 Å². The van der Waals surface area contributed by atoms with Gasteiger partial charge < -0.3 is 14.2 Å². The maximum Gasteiger partial charge on any atom is 0.271 e. The van der Waals surface area contributed by atoms with Gasteiger partial charge in [0.25, 0.3) is 5.91 Å². The van der Waals surface area contributed by atoms with Gasteiger partial charge in [-0.05, 0) is 97.9 Å². The average molecular weight is 475 g/mol. The minimum Gasteiger partial charge on any atom is -0.497 e. The number of thioether (sulfide) groups is 1. The summed E-state index contributed by atoms with van der Waals surface area (Å²) in [5.41, 5.74) is 2.37. The molecule has 0 unspecified atom stereocenters. The van der Waals surface area contributed by atoms with Crippen molar-refractivity contribution < 1.29 is 19.0 Å². The van der Waals surface area contributed by atoms with Crippen molar-refractivity contribution in [1.29, 1.82) is 0 Å². The first kappa shape index (κ1) is 23.4. The summed E-state index contributed by atoms with van der Waals surface area (Å²) in [5, 5.41) is 0.582. The van der Waals surface area contributed by atoms with Gasteiger partial charge in [0.15, 0.2) is 5.17 Å². The lowest BCUT2D eigenvalue weighted by Gasteiger charge is -2.16. The van der Waals surface area contributed by atoms with E-state index in [0.29, 0.717) is 23.3 Å². The predicted molar refractivity (Wildman–Crippen MR) is 138 cm³/mol. The Kier molecular flexibility index (Phi) is 7.54. The highest BCUT2D eigenvalue weighted by Crippen LogP contribution is 2.38. The lowest BCUT2D eigenvalue weighted by molar-refractivity contribution is -0.113. The Bertz CT molecular complexity index is 1190. The van der Waals surface area contributed by atoms with Crippen LogP contribution < -0.4 is 19.1 Å². The van der Waals surface area contributed by atoms with Crippen LogP contribution in [0.15, 0.2) is 82.7 Å². The third kappa shape index (κ3) is 5.43. The minimum absolute atomic E-state index is 0.130. The zero-order chi connectivity index (χ0) is 23.9. The van der Waals surface area contributed by atoms with E-state index in [9.17, 15) is 4.79 Å². The molecule has 0 atom stereocenters. The number of hydrogen-bond acceptors (Lipinski definition) is 6. The Morgan fingerprint density at radius 2 is 1.38 bits per heavy atom. The number of hydrogen-bond donors (Lipinski definition) is 0. The van der Waals surface area contributed by atoms with Gasteiger partial charge in [-0.3, -0.25) is 9.69 Å². The second-order valence-corrected chi connectivity index (χ2v) is 8.28. The van der Waals surface area contributed by atoms with Crippen LogP contribution in [-0.4, -0.2) is 31.4 Å². The maximum absolute atomic E-state index is 13.5. The van der Waals surface area contributed by atoms with Crippen LogP contribution in [0.3, 0.4) is 0 Å². The molecule has 34 heavy (non-hydrogen) atoms. The first-order valence-corrected chi connectivity index (χ1v) is 11.9. The van der Waals surface area contributed by atoms with Crippen LogP contribution in [0.25, 0.3) is 6.08 Å². The van der Waals surface area contributed by atoms with Crippen molar-refractivity contribution in [3.8, 4) is 17.2 Å². The first-order valence-electron chi connectivity index (χ1n) is 11.0. The van der Waals surface area contributed by atoms with E-state index in [2.05, 4.69) is 0 Å². The third-order valence-corrected chi connectivity index (χ3v) is 5.97. The summed E-state index contributed by atoms with van der Waals surface area (Å²) in [6, 6.07) is 22.5. The van der Waals surface area contributed by atoms with Gasteiger partial charge in [0, 0.05) is 0 Å². The molecule has 6 nitrogen and oxygen atoms in total. The summed E-state index contributed by atoms with van der Waals surface area (Å²) in [6.07, 6.45) is 1.87. The van der Waals surface area contributed by atoms with Crippen LogP contribution in [0.4, 0.5) is 11.4 Å². The van der Waals surface area contributed by atoms with Gasteiger partial charge in [0.1, 0.15) is 17.2 Å². The molecular formula is C27H26N2O4S. The van der Waals surface area contributed by atoms with Gasteiger partial charge in [-0.2, -0.15) is 0 Å². The summed E-state index contributed by atoms with van der Waals surface area (Å²) in [4.78, 5) is 20.5. The number of carbonyl (C=O) groups excluding carboxylic acids is 1. The number of ether oxygens (including phenoxy) is 3. The second kappa shape index (κ2) is 10.9. The molecule has 0 bridgehead atoms. The molecule has 3 aromatic carbocycles. The molecule has 0 aliphatic carbocycles. The first-order chi connectivity index (χ1) is 16.6. The van der Waals surface area contributed by atoms with E-state index >= 15 is 0 Å². The van der Waals surface area contributed by atoms with Gasteiger partial charge >= 0.3 is 0 Å². The maximum atomic E-state index is 13.5. The van der Waals surface area contributed by atoms with Crippen molar-refractivity contribution in [3.05, 3.63) is 83.3 Å². The van der Waals surface area contributed by atoms with Gasteiger partial charge in [0.2, 0.25) is 0 Å². The van der Waals surface area contributed by atoms with Crippen LogP contribution in [0.2, 0.25) is 0 Å². The van der Waals surface area contributed by atoms with Crippen LogP contribution in [0.1, 0.15) is 19.4 Å². The number of aliphatic imine (C=N–C) groups is 1. The molecule has 0 radical (unpaired) electrons. The molecule has 3 aromatic rings. The lowest BCUT2D eigenvalue weighted by Crippen LogP contribution is -2.28. The molecule has 1 aliphatic rings. The fourth-order valence-corrected chi connectivity index (χ4v) is 4.38. The summed E-state index contributed by atoms with van der Waals surface area (Å²) in [7, 11) is 1.63. The molecular weight excluding hydrogens is 448 g/mol. The van der Waals surface area contributed by atoms with Crippen LogP contribution >= 0.6 is 11.8 Å². The van der Waals surface area contributed by atoms with E-state index in [0.717, 1.165) is 34.2 Å². The fourth-order valence-electron chi connectivity index (χ4n) is 3.38. The number of anilines is 1. The summed E-state index contributed by atoms with van der Waals surface area (Å²) in [6.45, 7) is 5.06. The number of rotatable bonds is 8. The van der Waals surface area contributed by atoms with Crippen LogP contribution in [0, 0.1) is 0 Å². The highest BCUT2D eigenvalue weighted by Gasteiger charge is 2.34. The highest BCUT2D eigenvalue weighted by molar-refractivity contribution is 8.19. The number of methoxy groups -OCH3 is 1. The van der Waals surface area contributed by atoms with Crippen molar-refractivity contribution in [2.75, 3.05) is 25.2 Å². The van der Waals surface area contributed by atoms with Crippen molar-refractivity contribution in [2.24, 2.45) is 4.99 Å². The molecule has 7 heteroatoms. The molecule has 1 saturated heterocycles. The fraction of sp³-hybridized carbons (Fsp3) is 0.185. The standard InChI is InChI=1S/C27H26N2O4S/c1-4-32-23-14-8-20(9-15-23)28-27-29(21-10-16-24(17-11-21)33-5-2)26(30)25(34-27)18-19-6-12-22(31-3)13-7-19/h6-18H,4-5H2,1-3H3/b25-18-,28-27?. The summed E-state index contributed by atoms with van der Waals surface area (Å²) in [5.74, 6) is 2.17. The largest absolute Gasteiger partial charge is 0.497 e. The molecule has 0 N–H and O–H groups in total. The molecule has 0 saturated carbocycles. The predicted octanol–water partition coefficient (Wildman–Crippen LogP) is 6.30. The number of amides is 1. The Hall–Kier alpha value is -3.71. The van der Waals surface area contributed by atoms with Crippen molar-refractivity contribution in [2.45, 2.75) is 13.8 Å². The van der Waals surface area contributed by atoms with Crippen LogP contribution in [-0.2, 0) is 4.79 Å². The Morgan fingerprint density at radius 1 is 0.824 bits per heavy atom. The number of nitrogens with zero attached hydrogens (tertiary/aromatic N) is 2. The number of carbonyl (C=O) groups is 1. The normalized spacial score (nSPS) is 15.7. The molecule has 174 valence electrons. The average Bonchev–Trinajstić information content (AvgIpc) is 3.16. The smallest absolute Gasteiger partial charge is 0.271 e. The SMILES string of the molecule is CCOc1ccc(N=C2S/C(=C\c3ccc(OC)cc3)C(=O)N2c2ccc(OCC)cc2)cc1. The van der Waals surface area contributed by atoms with Gasteiger partial charge in [-0.15, -0.1) is 0 Å². The zero-order valence-corrected chi connectivity index (χ0v) is 20.2. The van der Waals surface area contributed by atoms with Crippen molar-refractivity contribution in [3.63, 3.8) is 0 Å². The molecule has 4 rings (SSSR count). The Labute approximate surface area is 203 Å². The lowest BCUT2D eigenvalue weighted by atomic mass is 10.2. The second-order valence-electron chi connectivity index (χ2n) is 7.27. The molecule has 1 fully saturated rings. The van der Waals surface area contributed by atoms with Gasteiger partial charge in [-0.1, -0.05) is 12.1 Å². The van der Waals surface area contributed by atoms with Crippen molar-refractivity contribution >= 4 is 40.3 Å². The van der Waals surface area contributed by atoms with Gasteiger partial charge in [0.05, 0.1) is 36.6 Å². The molecule has 0 spiro atoms. The Balaban J connectivity index is 1.69. The quantitative estimate of drug-likeness (QED) is 0.359. The zero-order valence-electron chi connectivity index (χ0n) is 19.4.